The zero-order valence-corrected chi connectivity index (χ0v) is 16.5. The van der Waals surface area contributed by atoms with Crippen molar-refractivity contribution in [1.29, 1.82) is 0 Å². The Labute approximate surface area is 166 Å². The number of halogens is 1. The fourth-order valence-electron chi connectivity index (χ4n) is 5.90. The molecule has 0 amide bonds. The van der Waals surface area contributed by atoms with Gasteiger partial charge in [0.15, 0.2) is 5.78 Å². The van der Waals surface area contributed by atoms with E-state index >= 15 is 0 Å². The molecular formula is C20H24FNO5S. The molecule has 2 aliphatic carbocycles. The zero-order valence-electron chi connectivity index (χ0n) is 15.7. The number of ketones is 1. The van der Waals surface area contributed by atoms with Gasteiger partial charge in [-0.2, -0.15) is 0 Å². The first-order valence-electron chi connectivity index (χ1n) is 9.36. The van der Waals surface area contributed by atoms with Crippen LogP contribution in [-0.2, 0) is 14.4 Å². The van der Waals surface area contributed by atoms with Crippen molar-refractivity contribution in [2.24, 2.45) is 34.3 Å². The first-order chi connectivity index (χ1) is 13.2. The molecule has 0 heterocycles. The lowest BCUT2D eigenvalue weighted by atomic mass is 9.61. The second kappa shape index (κ2) is 7.15. The number of aliphatic carboxylic acids is 2. The van der Waals surface area contributed by atoms with Crippen LogP contribution in [0.2, 0.25) is 0 Å². The molecule has 0 aliphatic heterocycles. The number of benzene rings is 1. The van der Waals surface area contributed by atoms with Crippen molar-refractivity contribution in [3.63, 3.8) is 0 Å². The van der Waals surface area contributed by atoms with Gasteiger partial charge in [-0.1, -0.05) is 32.4 Å². The van der Waals surface area contributed by atoms with Gasteiger partial charge in [0.05, 0.1) is 12.5 Å². The van der Waals surface area contributed by atoms with Crippen molar-refractivity contribution in [2.45, 2.75) is 36.8 Å². The largest absolute Gasteiger partial charge is 0.481 e. The van der Waals surface area contributed by atoms with Crippen LogP contribution in [0.5, 0.6) is 0 Å². The van der Waals surface area contributed by atoms with Gasteiger partial charge in [-0.3, -0.25) is 14.4 Å². The third kappa shape index (κ3) is 2.40. The van der Waals surface area contributed by atoms with E-state index < -0.39 is 63.9 Å². The molecule has 4 N–H and O–H groups in total. The number of Topliss-reactive ketones (excluding diaryl/α,β-unsaturated/α-hetero) is 1. The van der Waals surface area contributed by atoms with E-state index in [2.05, 4.69) is 0 Å². The van der Waals surface area contributed by atoms with Crippen molar-refractivity contribution < 1.29 is 29.0 Å². The molecule has 152 valence electrons. The molecule has 0 radical (unpaired) electrons. The molecule has 0 saturated heterocycles. The Balaban J connectivity index is 2.20. The molecule has 1 aromatic rings. The molecule has 6 nitrogen and oxygen atoms in total. The number of nitrogens with two attached hydrogens (primary N) is 1. The smallest absolute Gasteiger partial charge is 0.318 e. The van der Waals surface area contributed by atoms with E-state index in [1.54, 1.807) is 32.0 Å². The Bertz CT molecular complexity index is 833. The molecular weight excluding hydrogens is 385 g/mol. The molecule has 0 bridgehead atoms. The highest BCUT2D eigenvalue weighted by molar-refractivity contribution is 8.00. The summed E-state index contributed by atoms with van der Waals surface area (Å²) in [5, 5.41) is 19.5. The number of hydrogen-bond acceptors (Lipinski definition) is 5. The molecule has 28 heavy (non-hydrogen) atoms. The molecule has 0 spiro atoms. The summed E-state index contributed by atoms with van der Waals surface area (Å²) in [4.78, 5) is 37.9. The Hall–Kier alpha value is -1.93. The van der Waals surface area contributed by atoms with E-state index in [1.165, 1.54) is 6.07 Å². The van der Waals surface area contributed by atoms with E-state index in [0.717, 1.165) is 11.8 Å². The van der Waals surface area contributed by atoms with E-state index in [0.29, 0.717) is 11.3 Å². The van der Waals surface area contributed by atoms with Gasteiger partial charge in [0.2, 0.25) is 0 Å². The highest BCUT2D eigenvalue weighted by Crippen LogP contribution is 2.82. The van der Waals surface area contributed by atoms with Gasteiger partial charge in [-0.25, -0.2) is 4.39 Å². The maximum absolute atomic E-state index is 14.3. The fourth-order valence-corrected chi connectivity index (χ4v) is 7.63. The van der Waals surface area contributed by atoms with Crippen molar-refractivity contribution >= 4 is 29.5 Å². The topological polar surface area (TPSA) is 118 Å². The number of carbonyl (C=O) groups is 3. The van der Waals surface area contributed by atoms with Crippen molar-refractivity contribution in [2.75, 3.05) is 6.54 Å². The Morgan fingerprint density at radius 3 is 2.32 bits per heavy atom. The number of thioether (sulfide) groups is 1. The predicted molar refractivity (Wildman–Crippen MR) is 101 cm³/mol. The third-order valence-corrected chi connectivity index (χ3v) is 8.27. The SMILES string of the molecule is CCC1C(Sc2ccccc2F)C2C(C(=O)O)C2(CC)C1(C(=O)O)C(=O)CN. The summed E-state index contributed by atoms with van der Waals surface area (Å²) in [6.07, 6.45) is 0.590. The van der Waals surface area contributed by atoms with Gasteiger partial charge in [-0.15, -0.1) is 11.8 Å². The highest BCUT2D eigenvalue weighted by atomic mass is 32.2. The lowest BCUT2D eigenvalue weighted by Crippen LogP contribution is -2.55. The molecule has 0 aromatic heterocycles. The summed E-state index contributed by atoms with van der Waals surface area (Å²) in [5.74, 6) is -5.65. The number of carboxylic acids is 2. The highest BCUT2D eigenvalue weighted by Gasteiger charge is 2.88. The summed E-state index contributed by atoms with van der Waals surface area (Å²) in [7, 11) is 0. The summed E-state index contributed by atoms with van der Waals surface area (Å²) in [5.41, 5.74) is 2.53. The first kappa shape index (κ1) is 20.8. The van der Waals surface area contributed by atoms with Crippen LogP contribution >= 0.6 is 11.8 Å². The number of carboxylic acid groups (broad SMARTS) is 2. The lowest BCUT2D eigenvalue weighted by molar-refractivity contribution is -0.165. The van der Waals surface area contributed by atoms with Crippen LogP contribution in [0.4, 0.5) is 4.39 Å². The summed E-state index contributed by atoms with van der Waals surface area (Å²) in [6, 6.07) is 6.12. The molecule has 8 heteroatoms. The van der Waals surface area contributed by atoms with E-state index in [4.69, 9.17) is 5.73 Å². The van der Waals surface area contributed by atoms with Crippen molar-refractivity contribution in [3.05, 3.63) is 30.1 Å². The second-order valence-corrected chi connectivity index (χ2v) is 8.72. The van der Waals surface area contributed by atoms with Crippen LogP contribution in [0.3, 0.4) is 0 Å². The van der Waals surface area contributed by atoms with Gasteiger partial charge in [0.1, 0.15) is 11.2 Å². The van der Waals surface area contributed by atoms with Crippen LogP contribution < -0.4 is 5.73 Å². The first-order valence-corrected chi connectivity index (χ1v) is 10.2. The number of carbonyl (C=O) groups excluding carboxylic acids is 1. The Morgan fingerprint density at radius 2 is 1.86 bits per heavy atom. The number of rotatable bonds is 8. The van der Waals surface area contributed by atoms with E-state index in [1.807, 2.05) is 0 Å². The lowest BCUT2D eigenvalue weighted by Gasteiger charge is -2.40. The second-order valence-electron chi connectivity index (χ2n) is 7.50. The molecule has 6 unspecified atom stereocenters. The molecule has 1 aromatic carbocycles. The Morgan fingerprint density at radius 1 is 1.21 bits per heavy atom. The van der Waals surface area contributed by atoms with Crippen LogP contribution in [-0.4, -0.2) is 39.7 Å². The maximum Gasteiger partial charge on any atom is 0.318 e. The van der Waals surface area contributed by atoms with Gasteiger partial charge < -0.3 is 15.9 Å². The normalized spacial score (nSPS) is 36.0. The number of hydrogen-bond donors (Lipinski definition) is 3. The third-order valence-electron chi connectivity index (χ3n) is 6.79. The molecule has 6 atom stereocenters. The minimum atomic E-state index is -1.87. The van der Waals surface area contributed by atoms with E-state index in [-0.39, 0.29) is 6.42 Å². The van der Waals surface area contributed by atoms with Crippen molar-refractivity contribution in [1.82, 2.24) is 0 Å². The summed E-state index contributed by atoms with van der Waals surface area (Å²) in [6.45, 7) is 3.03. The molecule has 3 rings (SSSR count). The standard InChI is InChI=1S/C20H24FNO5S/c1-3-10-16(28-12-8-6-5-7-11(12)21)14-15(17(24)25)19(14,4-2)20(10,18(26)27)13(23)9-22/h5-8,10,14-16H,3-4,9,22H2,1-2H3,(H,24,25)(H,26,27). The average molecular weight is 409 g/mol. The number of fused-ring (bicyclic) bond motifs is 1. The average Bonchev–Trinajstić information content (AvgIpc) is 3.28. The molecule has 2 fully saturated rings. The minimum absolute atomic E-state index is 0.234. The van der Waals surface area contributed by atoms with Gasteiger partial charge in [0, 0.05) is 15.6 Å². The predicted octanol–water partition coefficient (Wildman–Crippen LogP) is 2.65. The van der Waals surface area contributed by atoms with Gasteiger partial charge in [-0.05, 0) is 30.4 Å². The van der Waals surface area contributed by atoms with E-state index in [9.17, 15) is 29.0 Å². The van der Waals surface area contributed by atoms with Crippen LogP contribution in [0.1, 0.15) is 26.7 Å². The minimum Gasteiger partial charge on any atom is -0.481 e. The van der Waals surface area contributed by atoms with Crippen LogP contribution in [0.25, 0.3) is 0 Å². The molecule has 2 saturated carbocycles. The van der Waals surface area contributed by atoms with Crippen LogP contribution in [0.15, 0.2) is 29.2 Å². The van der Waals surface area contributed by atoms with Gasteiger partial charge in [0.25, 0.3) is 0 Å². The monoisotopic (exact) mass is 409 g/mol. The van der Waals surface area contributed by atoms with Gasteiger partial charge >= 0.3 is 11.9 Å². The zero-order chi connectivity index (χ0) is 20.9. The maximum atomic E-state index is 14.3. The quantitative estimate of drug-likeness (QED) is 0.565. The fraction of sp³-hybridized carbons (Fsp3) is 0.550. The van der Waals surface area contributed by atoms with Crippen molar-refractivity contribution in [3.8, 4) is 0 Å². The molecule has 2 aliphatic rings. The summed E-state index contributed by atoms with van der Waals surface area (Å²) < 4.78 is 14.3. The summed E-state index contributed by atoms with van der Waals surface area (Å²) >= 11 is 1.15. The van der Waals surface area contributed by atoms with Crippen LogP contribution in [0, 0.1) is 34.4 Å². The Kier molecular flexibility index (Phi) is 5.31.